The Bertz CT molecular complexity index is 1430. The van der Waals surface area contributed by atoms with Crippen LogP contribution in [0.3, 0.4) is 0 Å². The molecule has 3 rings (SSSR count). The Balaban J connectivity index is 0.00000385. The van der Waals surface area contributed by atoms with E-state index in [0.29, 0.717) is 27.7 Å². The van der Waals surface area contributed by atoms with Gasteiger partial charge in [0.15, 0.2) is 9.84 Å². The van der Waals surface area contributed by atoms with Crippen LogP contribution in [0.15, 0.2) is 64.2 Å². The Morgan fingerprint density at radius 2 is 1.76 bits per heavy atom. The number of rotatable bonds is 7. The Hall–Kier alpha value is -2.24. The van der Waals surface area contributed by atoms with Gasteiger partial charge in [0.1, 0.15) is 5.83 Å². The maximum Gasteiger partial charge on any atom is 0.242 e. The third-order valence-corrected chi connectivity index (χ3v) is 8.19. The molecule has 0 unspecified atom stereocenters. The van der Waals surface area contributed by atoms with Crippen LogP contribution in [0.25, 0.3) is 22.0 Å². The Morgan fingerprint density at radius 1 is 1.09 bits per heavy atom. The molecule has 0 aliphatic rings. The third kappa shape index (κ3) is 5.30. The second kappa shape index (κ2) is 9.94. The highest BCUT2D eigenvalue weighted by Gasteiger charge is 2.22. The monoisotopic (exact) mass is 515 g/mol. The van der Waals surface area contributed by atoms with E-state index in [4.69, 9.17) is 5.73 Å². The Morgan fingerprint density at radius 3 is 2.33 bits per heavy atom. The average molecular weight is 516 g/mol. The van der Waals surface area contributed by atoms with E-state index in [1.165, 1.54) is 32.3 Å². The van der Waals surface area contributed by atoms with Gasteiger partial charge in [-0.15, -0.1) is 12.4 Å². The fourth-order valence-electron chi connectivity index (χ4n) is 3.63. The molecule has 0 radical (unpaired) electrons. The summed E-state index contributed by atoms with van der Waals surface area (Å²) in [6.45, 7) is 1.77. The van der Waals surface area contributed by atoms with Gasteiger partial charge in [-0.2, -0.15) is 0 Å². The molecule has 0 amide bonds. The number of sulfone groups is 1. The third-order valence-electron chi connectivity index (χ3n) is 5.27. The van der Waals surface area contributed by atoms with Crippen LogP contribution in [0.4, 0.5) is 4.39 Å². The van der Waals surface area contributed by atoms with Gasteiger partial charge in [-0.1, -0.05) is 12.1 Å². The molecule has 0 saturated heterocycles. The van der Waals surface area contributed by atoms with E-state index in [0.717, 1.165) is 10.6 Å². The lowest BCUT2D eigenvalue weighted by atomic mass is 10.0. The molecule has 0 aliphatic carbocycles. The fraction of sp³-hybridized carbons (Fsp3) is 0.273. The predicted octanol–water partition coefficient (Wildman–Crippen LogP) is 3.50. The molecule has 0 atom stereocenters. The summed E-state index contributed by atoms with van der Waals surface area (Å²) in [6.07, 6.45) is 2.39. The van der Waals surface area contributed by atoms with E-state index < -0.39 is 25.7 Å². The molecule has 1 aromatic heterocycles. The highest BCUT2D eigenvalue weighted by molar-refractivity contribution is 7.90. The fourth-order valence-corrected chi connectivity index (χ4v) is 5.22. The van der Waals surface area contributed by atoms with E-state index >= 15 is 0 Å². The van der Waals surface area contributed by atoms with Crippen molar-refractivity contribution in [2.75, 3.05) is 26.9 Å². The SMILES string of the molecule is Cc1c(-c2cccc(S(=O)(=O)N(C)C)c2)c2cc(S(C)(=O)=O)ccc2n1CC(F)=CCN.Cl. The lowest BCUT2D eigenvalue weighted by molar-refractivity contribution is 0.521. The minimum Gasteiger partial charge on any atom is -0.337 e. The number of nitrogens with zero attached hydrogens (tertiary/aromatic N) is 2. The van der Waals surface area contributed by atoms with Crippen molar-refractivity contribution in [3.8, 4) is 11.1 Å². The number of benzene rings is 2. The van der Waals surface area contributed by atoms with Gasteiger partial charge in [0, 0.05) is 49.1 Å². The van der Waals surface area contributed by atoms with Gasteiger partial charge in [0.25, 0.3) is 0 Å². The van der Waals surface area contributed by atoms with Gasteiger partial charge >= 0.3 is 0 Å². The minimum absolute atomic E-state index is 0. The summed E-state index contributed by atoms with van der Waals surface area (Å²) < 4.78 is 66.8. The summed E-state index contributed by atoms with van der Waals surface area (Å²) in [5.74, 6) is -0.421. The highest BCUT2D eigenvalue weighted by atomic mass is 35.5. The van der Waals surface area contributed by atoms with E-state index in [2.05, 4.69) is 0 Å². The Kier molecular flexibility index (Phi) is 8.14. The van der Waals surface area contributed by atoms with Gasteiger partial charge in [-0.25, -0.2) is 25.5 Å². The first-order valence-corrected chi connectivity index (χ1v) is 13.1. The van der Waals surface area contributed by atoms with Crippen LogP contribution in [-0.4, -0.2) is 52.6 Å². The van der Waals surface area contributed by atoms with Crippen LogP contribution < -0.4 is 5.73 Å². The van der Waals surface area contributed by atoms with Gasteiger partial charge < -0.3 is 10.3 Å². The second-order valence-electron chi connectivity index (χ2n) is 7.70. The van der Waals surface area contributed by atoms with Crippen molar-refractivity contribution < 1.29 is 21.2 Å². The standard InChI is InChI=1S/C22H26FN3O4S2.ClH/c1-15-22(16-6-5-7-19(12-16)32(29,30)25(2)3)20-13-18(31(4,27)28)8-9-21(20)26(15)14-17(23)10-11-24;/h5-10,12-13H,11,14,24H2,1-4H3;1H. The normalized spacial score (nSPS) is 12.9. The lowest BCUT2D eigenvalue weighted by Gasteiger charge is -2.13. The Labute approximate surface area is 200 Å². The van der Waals surface area contributed by atoms with Gasteiger partial charge in [0.2, 0.25) is 10.0 Å². The van der Waals surface area contributed by atoms with Gasteiger partial charge in [0.05, 0.1) is 16.3 Å². The summed E-state index contributed by atoms with van der Waals surface area (Å²) in [5.41, 5.74) is 7.96. The first kappa shape index (κ1) is 27.0. The van der Waals surface area contributed by atoms with Crippen LogP contribution in [0.1, 0.15) is 5.69 Å². The van der Waals surface area contributed by atoms with E-state index in [9.17, 15) is 21.2 Å². The van der Waals surface area contributed by atoms with Gasteiger partial charge in [-0.05, 0) is 48.9 Å². The maximum absolute atomic E-state index is 14.4. The summed E-state index contributed by atoms with van der Waals surface area (Å²) >= 11 is 0. The van der Waals surface area contributed by atoms with Crippen LogP contribution >= 0.6 is 12.4 Å². The van der Waals surface area contributed by atoms with Crippen LogP contribution in [0.5, 0.6) is 0 Å². The zero-order valence-electron chi connectivity index (χ0n) is 18.7. The maximum atomic E-state index is 14.4. The number of fused-ring (bicyclic) bond motifs is 1. The number of halogens is 2. The first-order valence-electron chi connectivity index (χ1n) is 9.78. The second-order valence-corrected chi connectivity index (χ2v) is 11.9. The van der Waals surface area contributed by atoms with Crippen molar-refractivity contribution in [3.05, 3.63) is 60.1 Å². The number of nitrogens with two attached hydrogens (primary N) is 1. The predicted molar refractivity (Wildman–Crippen MR) is 132 cm³/mol. The van der Waals surface area contributed by atoms with E-state index in [-0.39, 0.29) is 35.3 Å². The largest absolute Gasteiger partial charge is 0.337 e. The number of hydrogen-bond donors (Lipinski definition) is 1. The molecule has 180 valence electrons. The van der Waals surface area contributed by atoms with Crippen molar-refractivity contribution >= 4 is 43.2 Å². The van der Waals surface area contributed by atoms with Gasteiger partial charge in [-0.3, -0.25) is 0 Å². The smallest absolute Gasteiger partial charge is 0.242 e. The number of sulfonamides is 1. The lowest BCUT2D eigenvalue weighted by Crippen LogP contribution is -2.22. The molecule has 7 nitrogen and oxygen atoms in total. The van der Waals surface area contributed by atoms with Crippen LogP contribution in [0.2, 0.25) is 0 Å². The van der Waals surface area contributed by atoms with Crippen molar-refractivity contribution in [1.82, 2.24) is 8.87 Å². The quantitative estimate of drug-likeness (QED) is 0.518. The topological polar surface area (TPSA) is 102 Å². The van der Waals surface area contributed by atoms with Crippen molar-refractivity contribution in [1.29, 1.82) is 0 Å². The summed E-state index contributed by atoms with van der Waals surface area (Å²) in [4.78, 5) is 0.229. The molecule has 0 spiro atoms. The number of aromatic nitrogens is 1. The van der Waals surface area contributed by atoms with Crippen LogP contribution in [0, 0.1) is 6.92 Å². The molecular formula is C22H27ClFN3O4S2. The summed E-state index contributed by atoms with van der Waals surface area (Å²) in [6, 6.07) is 11.1. The van der Waals surface area contributed by atoms with Crippen molar-refractivity contribution in [2.24, 2.45) is 5.73 Å². The average Bonchev–Trinajstić information content (AvgIpc) is 2.98. The molecule has 0 fully saturated rings. The zero-order valence-corrected chi connectivity index (χ0v) is 21.2. The van der Waals surface area contributed by atoms with Crippen molar-refractivity contribution in [3.63, 3.8) is 0 Å². The molecular weight excluding hydrogens is 489 g/mol. The molecule has 0 bridgehead atoms. The molecule has 1 heterocycles. The number of allylic oxidation sites excluding steroid dienone is 1. The molecule has 11 heteroatoms. The van der Waals surface area contributed by atoms with E-state index in [1.54, 1.807) is 41.8 Å². The molecule has 33 heavy (non-hydrogen) atoms. The van der Waals surface area contributed by atoms with Crippen molar-refractivity contribution in [2.45, 2.75) is 23.3 Å². The molecule has 0 saturated carbocycles. The van der Waals surface area contributed by atoms with E-state index in [1.807, 2.05) is 0 Å². The molecule has 2 N–H and O–H groups in total. The minimum atomic E-state index is -3.68. The molecule has 2 aromatic carbocycles. The highest BCUT2D eigenvalue weighted by Crippen LogP contribution is 2.37. The number of hydrogen-bond acceptors (Lipinski definition) is 5. The summed E-state index contributed by atoms with van der Waals surface area (Å²) in [7, 11) is -4.26. The zero-order chi connectivity index (χ0) is 23.8. The molecule has 0 aliphatic heterocycles. The molecule has 3 aromatic rings. The first-order chi connectivity index (χ1) is 14.9. The summed E-state index contributed by atoms with van der Waals surface area (Å²) in [5, 5.41) is 0.588. The van der Waals surface area contributed by atoms with Crippen LogP contribution in [-0.2, 0) is 26.4 Å².